The Bertz CT molecular complexity index is 926. The number of nitro groups is 1. The third-order valence-corrected chi connectivity index (χ3v) is 4.11. The van der Waals surface area contributed by atoms with Crippen LogP contribution < -0.4 is 5.56 Å². The Balaban J connectivity index is 1.85. The van der Waals surface area contributed by atoms with Gasteiger partial charge in [0.2, 0.25) is 5.82 Å². The number of nitrogens with zero attached hydrogens (tertiary/aromatic N) is 3. The van der Waals surface area contributed by atoms with E-state index in [0.717, 1.165) is 6.07 Å². The molecule has 1 aromatic heterocycles. The Hall–Kier alpha value is -2.95. The van der Waals surface area contributed by atoms with Crippen LogP contribution in [0.5, 0.6) is 5.75 Å². The van der Waals surface area contributed by atoms with E-state index in [1.165, 1.54) is 12.1 Å². The number of alkyl halides is 3. The van der Waals surface area contributed by atoms with E-state index in [4.69, 9.17) is 0 Å². The number of para-hydroxylation sites is 1. The summed E-state index contributed by atoms with van der Waals surface area (Å²) in [5, 5.41) is 20.9. The van der Waals surface area contributed by atoms with Crippen molar-refractivity contribution in [2.45, 2.75) is 25.7 Å². The molecule has 1 aliphatic heterocycles. The highest BCUT2D eigenvalue weighted by atomic mass is 19.4. The largest absolute Gasteiger partial charge is 0.502 e. The first-order valence-electron chi connectivity index (χ1n) is 7.53. The summed E-state index contributed by atoms with van der Waals surface area (Å²) in [6, 6.07) is 4.10. The van der Waals surface area contributed by atoms with Crippen molar-refractivity contribution >= 4 is 5.69 Å². The predicted octanol–water partition coefficient (Wildman–Crippen LogP) is 1.96. The van der Waals surface area contributed by atoms with Gasteiger partial charge in [-0.25, -0.2) is 4.98 Å². The lowest BCUT2D eigenvalue weighted by molar-refractivity contribution is -0.385. The summed E-state index contributed by atoms with van der Waals surface area (Å²) in [5.74, 6) is -1.80. The molecule has 0 amide bonds. The fourth-order valence-corrected chi connectivity index (χ4v) is 2.84. The van der Waals surface area contributed by atoms with Crippen molar-refractivity contribution < 1.29 is 23.2 Å². The smallest absolute Gasteiger partial charge is 0.449 e. The minimum Gasteiger partial charge on any atom is -0.502 e. The number of aromatic amines is 1. The number of phenolic OH excluding ortho intramolecular Hbond substituents is 1. The Morgan fingerprint density at radius 2 is 2.12 bits per heavy atom. The summed E-state index contributed by atoms with van der Waals surface area (Å²) in [4.78, 5) is 29.1. The summed E-state index contributed by atoms with van der Waals surface area (Å²) in [7, 11) is 0. The minimum absolute atomic E-state index is 0.0257. The molecule has 0 fully saturated rings. The summed E-state index contributed by atoms with van der Waals surface area (Å²) in [6.45, 7) is 0.425. The molecule has 0 radical (unpaired) electrons. The molecule has 1 aliphatic rings. The van der Waals surface area contributed by atoms with Crippen LogP contribution in [0.2, 0.25) is 0 Å². The molecular weight excluding hydrogens is 357 g/mol. The van der Waals surface area contributed by atoms with Gasteiger partial charge in [-0.15, -0.1) is 0 Å². The van der Waals surface area contributed by atoms with Crippen LogP contribution in [-0.4, -0.2) is 31.4 Å². The Morgan fingerprint density at radius 1 is 1.38 bits per heavy atom. The number of aromatic nitrogens is 2. The molecule has 1 aromatic carbocycles. The molecule has 2 heterocycles. The van der Waals surface area contributed by atoms with Gasteiger partial charge in [0.15, 0.2) is 5.75 Å². The molecule has 0 aliphatic carbocycles. The fourth-order valence-electron chi connectivity index (χ4n) is 2.84. The van der Waals surface area contributed by atoms with Crippen LogP contribution in [0.15, 0.2) is 23.0 Å². The molecule has 0 saturated carbocycles. The van der Waals surface area contributed by atoms with Gasteiger partial charge in [-0.05, 0) is 0 Å². The zero-order valence-electron chi connectivity index (χ0n) is 13.2. The number of aromatic hydroxyl groups is 1. The molecule has 0 bridgehead atoms. The number of nitrogens with one attached hydrogen (secondary N) is 1. The molecule has 0 saturated heterocycles. The molecule has 3 rings (SSSR count). The summed E-state index contributed by atoms with van der Waals surface area (Å²) in [6.07, 6.45) is -4.61. The maximum Gasteiger partial charge on any atom is 0.449 e. The summed E-state index contributed by atoms with van der Waals surface area (Å²) in [5.41, 5.74) is -0.807. The maximum absolute atomic E-state index is 12.7. The van der Waals surface area contributed by atoms with Crippen molar-refractivity contribution in [1.82, 2.24) is 14.9 Å². The van der Waals surface area contributed by atoms with E-state index in [2.05, 4.69) is 4.98 Å². The third-order valence-electron chi connectivity index (χ3n) is 4.11. The number of H-pyrrole nitrogens is 1. The van der Waals surface area contributed by atoms with Gasteiger partial charge < -0.3 is 10.1 Å². The number of nitro benzene ring substituents is 1. The number of phenols is 1. The number of benzene rings is 1. The molecule has 0 atom stereocenters. The first-order valence-corrected chi connectivity index (χ1v) is 7.53. The van der Waals surface area contributed by atoms with Gasteiger partial charge in [-0.1, -0.05) is 12.1 Å². The van der Waals surface area contributed by atoms with E-state index >= 15 is 0 Å². The minimum atomic E-state index is -4.74. The van der Waals surface area contributed by atoms with Crippen LogP contribution in [0.1, 0.15) is 22.6 Å². The Kier molecular flexibility index (Phi) is 4.40. The van der Waals surface area contributed by atoms with E-state index in [-0.39, 0.29) is 30.8 Å². The zero-order valence-corrected chi connectivity index (χ0v) is 13.2. The van der Waals surface area contributed by atoms with Crippen LogP contribution in [0.25, 0.3) is 0 Å². The maximum atomic E-state index is 12.7. The van der Waals surface area contributed by atoms with E-state index in [9.17, 15) is 33.2 Å². The zero-order chi connectivity index (χ0) is 19.1. The third kappa shape index (κ3) is 3.38. The average molecular weight is 370 g/mol. The second-order valence-corrected chi connectivity index (χ2v) is 5.84. The lowest BCUT2D eigenvalue weighted by Gasteiger charge is -2.28. The lowest BCUT2D eigenvalue weighted by atomic mass is 10.1. The van der Waals surface area contributed by atoms with Crippen LogP contribution in [0.3, 0.4) is 0 Å². The fraction of sp³-hybridized carbons (Fsp3) is 0.333. The van der Waals surface area contributed by atoms with Crippen LogP contribution in [-0.2, 0) is 25.7 Å². The highest BCUT2D eigenvalue weighted by molar-refractivity contribution is 5.50. The highest BCUT2D eigenvalue weighted by Gasteiger charge is 2.36. The van der Waals surface area contributed by atoms with Gasteiger partial charge in [0, 0.05) is 37.7 Å². The summed E-state index contributed by atoms with van der Waals surface area (Å²) >= 11 is 0. The van der Waals surface area contributed by atoms with Gasteiger partial charge in [0.05, 0.1) is 16.2 Å². The quantitative estimate of drug-likeness (QED) is 0.631. The normalized spacial score (nSPS) is 14.9. The van der Waals surface area contributed by atoms with Crippen molar-refractivity contribution in [2.75, 3.05) is 6.54 Å². The number of rotatable bonds is 3. The molecular formula is C15H13F3N4O4. The highest BCUT2D eigenvalue weighted by Crippen LogP contribution is 2.31. The topological polar surface area (TPSA) is 112 Å². The molecule has 11 heteroatoms. The first-order chi connectivity index (χ1) is 12.2. The number of hydrogen-bond donors (Lipinski definition) is 2. The number of halogens is 3. The Morgan fingerprint density at radius 3 is 2.77 bits per heavy atom. The van der Waals surface area contributed by atoms with E-state index in [1.54, 1.807) is 9.88 Å². The number of fused-ring (bicyclic) bond motifs is 1. The van der Waals surface area contributed by atoms with Gasteiger partial charge in [-0.2, -0.15) is 13.2 Å². The first kappa shape index (κ1) is 17.9. The van der Waals surface area contributed by atoms with Crippen molar-refractivity contribution in [2.24, 2.45) is 0 Å². The van der Waals surface area contributed by atoms with E-state index in [1.807, 2.05) is 0 Å². The second kappa shape index (κ2) is 6.41. The second-order valence-electron chi connectivity index (χ2n) is 5.84. The van der Waals surface area contributed by atoms with Crippen LogP contribution in [0, 0.1) is 10.1 Å². The van der Waals surface area contributed by atoms with Gasteiger partial charge in [0.25, 0.3) is 5.56 Å². The molecule has 2 N–H and O–H groups in total. The molecule has 138 valence electrons. The molecule has 2 aromatic rings. The van der Waals surface area contributed by atoms with E-state index in [0.29, 0.717) is 12.1 Å². The predicted molar refractivity (Wildman–Crippen MR) is 82.4 cm³/mol. The molecule has 0 spiro atoms. The van der Waals surface area contributed by atoms with E-state index < -0.39 is 33.9 Å². The van der Waals surface area contributed by atoms with Crippen molar-refractivity contribution in [3.05, 3.63) is 61.3 Å². The van der Waals surface area contributed by atoms with Crippen LogP contribution >= 0.6 is 0 Å². The van der Waals surface area contributed by atoms with Crippen molar-refractivity contribution in [3.8, 4) is 5.75 Å². The van der Waals surface area contributed by atoms with Crippen molar-refractivity contribution in [1.29, 1.82) is 0 Å². The summed E-state index contributed by atoms with van der Waals surface area (Å²) < 4.78 is 38.2. The average Bonchev–Trinajstić information content (AvgIpc) is 2.56. The standard InChI is InChI=1S/C15H13F3N4O4/c16-15(17,18)14-19-10-4-5-21(7-9(10)13(24)20-14)6-8-2-1-3-11(12(8)23)22(25)26/h1-3,23H,4-7H2,(H,19,20,24). The van der Waals surface area contributed by atoms with Gasteiger partial charge in [0.1, 0.15) is 0 Å². The van der Waals surface area contributed by atoms with Crippen molar-refractivity contribution in [3.63, 3.8) is 0 Å². The molecule has 8 nitrogen and oxygen atoms in total. The monoisotopic (exact) mass is 370 g/mol. The Labute approximate surface area is 144 Å². The lowest BCUT2D eigenvalue weighted by Crippen LogP contribution is -2.36. The molecule has 0 unspecified atom stereocenters. The van der Waals surface area contributed by atoms with Crippen LogP contribution in [0.4, 0.5) is 18.9 Å². The van der Waals surface area contributed by atoms with Gasteiger partial charge >= 0.3 is 11.9 Å². The molecule has 26 heavy (non-hydrogen) atoms. The van der Waals surface area contributed by atoms with Gasteiger partial charge in [-0.3, -0.25) is 19.8 Å². The SMILES string of the molecule is O=c1[nH]c(C(F)(F)F)nc2c1CN(Cc1cccc([N+](=O)[O-])c1O)CC2. The number of hydrogen-bond acceptors (Lipinski definition) is 6.